The molecule has 1 aromatic heterocycles. The lowest BCUT2D eigenvalue weighted by Gasteiger charge is -2.21. The second-order valence-electron chi connectivity index (χ2n) is 7.31. The maximum absolute atomic E-state index is 12.7. The summed E-state index contributed by atoms with van der Waals surface area (Å²) in [4.78, 5) is 51.5. The minimum Gasteiger partial charge on any atom is -0.311 e. The fraction of sp³-hybridized carbons (Fsp3) is 0.250. The molecule has 2 aromatic carbocycles. The Bertz CT molecular complexity index is 1300. The van der Waals surface area contributed by atoms with Gasteiger partial charge >= 0.3 is 0 Å². The number of nitriles is 1. The van der Waals surface area contributed by atoms with Gasteiger partial charge in [-0.3, -0.25) is 30.0 Å². The van der Waals surface area contributed by atoms with Crippen molar-refractivity contribution in [2.45, 2.75) is 32.7 Å². The maximum atomic E-state index is 12.7. The summed E-state index contributed by atoms with van der Waals surface area (Å²) in [5, 5.41) is 13.7. The van der Waals surface area contributed by atoms with Crippen LogP contribution in [0.1, 0.15) is 36.7 Å². The molecule has 10 heteroatoms. The van der Waals surface area contributed by atoms with E-state index in [1.165, 1.54) is 9.58 Å². The third kappa shape index (κ3) is 5.63. The van der Waals surface area contributed by atoms with Crippen LogP contribution in [0.25, 0.3) is 10.8 Å². The summed E-state index contributed by atoms with van der Waals surface area (Å²) >= 11 is 0. The summed E-state index contributed by atoms with van der Waals surface area (Å²) in [7, 11) is 0. The molecule has 0 spiro atoms. The first-order chi connectivity index (χ1) is 16.5. The van der Waals surface area contributed by atoms with Gasteiger partial charge in [-0.1, -0.05) is 36.4 Å². The molecule has 10 nitrogen and oxygen atoms in total. The summed E-state index contributed by atoms with van der Waals surface area (Å²) in [5.74, 6) is -1.56. The Morgan fingerprint density at radius 1 is 1.00 bits per heavy atom. The van der Waals surface area contributed by atoms with Crippen LogP contribution in [0.2, 0.25) is 0 Å². The molecular formula is C24H24N6O4. The van der Waals surface area contributed by atoms with Crippen molar-refractivity contribution >= 4 is 34.2 Å². The van der Waals surface area contributed by atoms with Gasteiger partial charge < -0.3 is 4.90 Å². The fourth-order valence-electron chi connectivity index (χ4n) is 3.39. The van der Waals surface area contributed by atoms with Crippen LogP contribution in [0, 0.1) is 11.3 Å². The number of nitrogens with zero attached hydrogens (tertiary/aromatic N) is 4. The Balaban J connectivity index is 1.62. The number of amides is 3. The van der Waals surface area contributed by atoms with E-state index in [4.69, 9.17) is 5.26 Å². The van der Waals surface area contributed by atoms with E-state index in [0.29, 0.717) is 16.5 Å². The van der Waals surface area contributed by atoms with Crippen LogP contribution in [-0.2, 0) is 16.1 Å². The Hall–Kier alpha value is -4.52. The Kier molecular flexibility index (Phi) is 8.07. The van der Waals surface area contributed by atoms with Crippen LogP contribution in [-0.4, -0.2) is 34.0 Å². The highest BCUT2D eigenvalue weighted by atomic mass is 16.2. The number of nitrogens with one attached hydrogen (secondary N) is 2. The van der Waals surface area contributed by atoms with Gasteiger partial charge in [0.1, 0.15) is 0 Å². The van der Waals surface area contributed by atoms with E-state index in [0.717, 1.165) is 0 Å². The van der Waals surface area contributed by atoms with Crippen LogP contribution >= 0.6 is 0 Å². The van der Waals surface area contributed by atoms with Gasteiger partial charge in [-0.2, -0.15) is 10.4 Å². The summed E-state index contributed by atoms with van der Waals surface area (Å²) in [6, 6.07) is 17.5. The van der Waals surface area contributed by atoms with Gasteiger partial charge in [-0.05, 0) is 25.1 Å². The number of rotatable bonds is 8. The average Bonchev–Trinajstić information content (AvgIpc) is 2.87. The maximum Gasteiger partial charge on any atom is 0.290 e. The molecule has 0 bridgehead atoms. The SMILES string of the molecule is CCn1nc(C(=O)NNC(=O)CCC(=O)N(CCC#N)c2ccccc2)c2ccccc2c1=O. The Morgan fingerprint density at radius 3 is 2.35 bits per heavy atom. The molecule has 0 atom stereocenters. The van der Waals surface area contributed by atoms with Crippen molar-refractivity contribution in [3.63, 3.8) is 0 Å². The topological polar surface area (TPSA) is 137 Å². The van der Waals surface area contributed by atoms with E-state index in [9.17, 15) is 19.2 Å². The van der Waals surface area contributed by atoms with E-state index in [1.54, 1.807) is 55.5 Å². The minimum atomic E-state index is -0.682. The highest BCUT2D eigenvalue weighted by Gasteiger charge is 2.19. The van der Waals surface area contributed by atoms with Gasteiger partial charge in [0.15, 0.2) is 5.69 Å². The van der Waals surface area contributed by atoms with Crippen LogP contribution in [0.3, 0.4) is 0 Å². The zero-order valence-electron chi connectivity index (χ0n) is 18.7. The molecular weight excluding hydrogens is 436 g/mol. The summed E-state index contributed by atoms with van der Waals surface area (Å²) in [6.45, 7) is 2.23. The van der Waals surface area contributed by atoms with Gasteiger partial charge in [-0.15, -0.1) is 0 Å². The molecule has 0 unspecified atom stereocenters. The largest absolute Gasteiger partial charge is 0.311 e. The van der Waals surface area contributed by atoms with Crippen LogP contribution in [0.5, 0.6) is 0 Å². The predicted octanol–water partition coefficient (Wildman–Crippen LogP) is 1.90. The number of hydrazine groups is 1. The first kappa shape index (κ1) is 24.1. The summed E-state index contributed by atoms with van der Waals surface area (Å²) < 4.78 is 1.18. The van der Waals surface area contributed by atoms with E-state index < -0.39 is 11.8 Å². The van der Waals surface area contributed by atoms with Crippen molar-refractivity contribution in [1.29, 1.82) is 5.26 Å². The third-order valence-corrected chi connectivity index (χ3v) is 5.08. The van der Waals surface area contributed by atoms with E-state index in [1.807, 2.05) is 12.1 Å². The highest BCUT2D eigenvalue weighted by Crippen LogP contribution is 2.16. The molecule has 3 aromatic rings. The smallest absolute Gasteiger partial charge is 0.290 e. The first-order valence-electron chi connectivity index (χ1n) is 10.8. The average molecular weight is 460 g/mol. The van der Waals surface area contributed by atoms with Crippen molar-refractivity contribution in [3.05, 3.63) is 70.6 Å². The van der Waals surface area contributed by atoms with Crippen molar-refractivity contribution in [3.8, 4) is 6.07 Å². The minimum absolute atomic E-state index is 0.000169. The zero-order chi connectivity index (χ0) is 24.5. The Morgan fingerprint density at radius 2 is 1.68 bits per heavy atom. The van der Waals surface area contributed by atoms with E-state index >= 15 is 0 Å². The molecule has 1 heterocycles. The number of carbonyl (C=O) groups excluding carboxylic acids is 3. The van der Waals surface area contributed by atoms with Crippen molar-refractivity contribution < 1.29 is 14.4 Å². The first-order valence-corrected chi connectivity index (χ1v) is 10.8. The van der Waals surface area contributed by atoms with Gasteiger partial charge in [-0.25, -0.2) is 4.68 Å². The third-order valence-electron chi connectivity index (χ3n) is 5.08. The number of fused-ring (bicyclic) bond motifs is 1. The molecule has 0 fully saturated rings. The monoisotopic (exact) mass is 460 g/mol. The number of benzene rings is 2. The van der Waals surface area contributed by atoms with Crippen LogP contribution in [0.4, 0.5) is 5.69 Å². The number of anilines is 1. The van der Waals surface area contributed by atoms with Crippen molar-refractivity contribution in [2.75, 3.05) is 11.4 Å². The number of aromatic nitrogens is 2. The second-order valence-corrected chi connectivity index (χ2v) is 7.31. The molecule has 0 saturated carbocycles. The van der Waals surface area contributed by atoms with Gasteiger partial charge in [0.05, 0.1) is 17.9 Å². The number of carbonyl (C=O) groups is 3. The lowest BCUT2D eigenvalue weighted by atomic mass is 10.1. The molecule has 0 aliphatic rings. The molecule has 0 saturated heterocycles. The molecule has 2 N–H and O–H groups in total. The fourth-order valence-corrected chi connectivity index (χ4v) is 3.39. The number of hydrogen-bond donors (Lipinski definition) is 2. The molecule has 0 radical (unpaired) electrons. The van der Waals surface area contributed by atoms with E-state index in [2.05, 4.69) is 16.0 Å². The van der Waals surface area contributed by atoms with Crippen LogP contribution in [0.15, 0.2) is 59.4 Å². The highest BCUT2D eigenvalue weighted by molar-refractivity contribution is 6.05. The van der Waals surface area contributed by atoms with Crippen LogP contribution < -0.4 is 21.3 Å². The number of hydrogen-bond acceptors (Lipinski definition) is 6. The predicted molar refractivity (Wildman–Crippen MR) is 126 cm³/mol. The molecule has 174 valence electrons. The van der Waals surface area contributed by atoms with Gasteiger partial charge in [0.2, 0.25) is 11.8 Å². The second kappa shape index (κ2) is 11.4. The summed E-state index contributed by atoms with van der Waals surface area (Å²) in [6.07, 6.45) is -0.120. The Labute approximate surface area is 195 Å². The van der Waals surface area contributed by atoms with Gasteiger partial charge in [0, 0.05) is 37.0 Å². The molecule has 0 aliphatic carbocycles. The molecule has 34 heavy (non-hydrogen) atoms. The number of para-hydroxylation sites is 1. The normalized spacial score (nSPS) is 10.4. The number of aryl methyl sites for hydroxylation is 1. The molecule has 0 aliphatic heterocycles. The quantitative estimate of drug-likeness (QED) is 0.493. The van der Waals surface area contributed by atoms with Crippen molar-refractivity contribution in [2.24, 2.45) is 0 Å². The van der Waals surface area contributed by atoms with E-state index in [-0.39, 0.29) is 49.5 Å². The zero-order valence-corrected chi connectivity index (χ0v) is 18.7. The lowest BCUT2D eigenvalue weighted by Crippen LogP contribution is -2.43. The molecule has 3 amide bonds. The lowest BCUT2D eigenvalue weighted by molar-refractivity contribution is -0.125. The summed E-state index contributed by atoms with van der Waals surface area (Å²) in [5.41, 5.74) is 4.91. The van der Waals surface area contributed by atoms with Gasteiger partial charge in [0.25, 0.3) is 11.5 Å². The standard InChI is InChI=1S/C24H24N6O4/c1-2-30-24(34)19-12-7-6-11-18(19)22(28-30)23(33)27-26-20(31)13-14-21(32)29(16-8-15-25)17-9-4-3-5-10-17/h3-7,9-12H,2,8,13-14,16H2,1H3,(H,26,31)(H,27,33). The van der Waals surface area contributed by atoms with Crippen molar-refractivity contribution in [1.82, 2.24) is 20.6 Å². The molecule has 3 rings (SSSR count).